The van der Waals surface area contributed by atoms with Gasteiger partial charge in [0.2, 0.25) is 0 Å². The molecule has 3 saturated carbocycles. The monoisotopic (exact) mass is 964 g/mol. The molecule has 4 saturated heterocycles. The van der Waals surface area contributed by atoms with Crippen molar-refractivity contribution in [3.63, 3.8) is 0 Å². The Labute approximate surface area is 390 Å². The van der Waals surface area contributed by atoms with Gasteiger partial charge in [-0.2, -0.15) is 0 Å². The molecule has 28 unspecified atom stereocenters. The van der Waals surface area contributed by atoms with Gasteiger partial charge < -0.3 is 104 Å². The molecule has 12 N–H and O–H groups in total. The van der Waals surface area contributed by atoms with Crippen LogP contribution in [0, 0.1) is 28.6 Å². The molecular formula is C46H76O21. The summed E-state index contributed by atoms with van der Waals surface area (Å²) in [5, 5.41) is 129. The third-order valence-electron chi connectivity index (χ3n) is 17.6. The van der Waals surface area contributed by atoms with Gasteiger partial charge >= 0.3 is 0 Å². The van der Waals surface area contributed by atoms with E-state index in [2.05, 4.69) is 19.9 Å². The molecule has 4 heterocycles. The normalized spacial score (nSPS) is 55.2. The highest BCUT2D eigenvalue weighted by Gasteiger charge is 2.67. The molecule has 4 aliphatic carbocycles. The fourth-order valence-electron chi connectivity index (χ4n) is 13.3. The van der Waals surface area contributed by atoms with Crippen molar-refractivity contribution in [2.24, 2.45) is 28.6 Å². The summed E-state index contributed by atoms with van der Waals surface area (Å²) in [6.07, 6.45) is -20.1. The van der Waals surface area contributed by atoms with Crippen molar-refractivity contribution in [2.75, 3.05) is 20.3 Å². The Kier molecular flexibility index (Phi) is 15.6. The second kappa shape index (κ2) is 20.1. The molecule has 21 nitrogen and oxygen atoms in total. The lowest BCUT2D eigenvalue weighted by molar-refractivity contribution is -0.363. The molecule has 8 aliphatic rings. The Balaban J connectivity index is 0.902. The molecule has 0 aromatic rings. The van der Waals surface area contributed by atoms with Crippen LogP contribution in [0.1, 0.15) is 86.0 Å². The molecule has 67 heavy (non-hydrogen) atoms. The van der Waals surface area contributed by atoms with Crippen LogP contribution in [0.2, 0.25) is 0 Å². The number of hydrogen-bond acceptors (Lipinski definition) is 21. The number of hydrogen-bond donors (Lipinski definition) is 12. The summed E-state index contributed by atoms with van der Waals surface area (Å²) in [4.78, 5) is 0. The van der Waals surface area contributed by atoms with E-state index < -0.39 is 153 Å². The molecule has 28 atom stereocenters. The van der Waals surface area contributed by atoms with E-state index >= 15 is 0 Å². The van der Waals surface area contributed by atoms with Crippen LogP contribution in [0.3, 0.4) is 0 Å². The van der Waals surface area contributed by atoms with Gasteiger partial charge in [0, 0.05) is 12.5 Å². The van der Waals surface area contributed by atoms with Gasteiger partial charge in [0.1, 0.15) is 85.5 Å². The van der Waals surface area contributed by atoms with Gasteiger partial charge in [0.05, 0.1) is 43.2 Å². The number of fused-ring (bicyclic) bond motifs is 5. The number of aliphatic hydroxyl groups excluding tert-OH is 11. The van der Waals surface area contributed by atoms with E-state index in [9.17, 15) is 61.3 Å². The van der Waals surface area contributed by atoms with E-state index in [1.54, 1.807) is 6.92 Å². The van der Waals surface area contributed by atoms with E-state index in [4.69, 9.17) is 42.6 Å². The van der Waals surface area contributed by atoms with E-state index in [-0.39, 0.29) is 29.3 Å². The van der Waals surface area contributed by atoms with Crippen molar-refractivity contribution in [1.82, 2.24) is 0 Å². The highest BCUT2D eigenvalue weighted by atomic mass is 16.8. The van der Waals surface area contributed by atoms with Crippen molar-refractivity contribution in [3.8, 4) is 0 Å². The quantitative estimate of drug-likeness (QED) is 0.0895. The highest BCUT2D eigenvalue weighted by molar-refractivity contribution is 5.28. The molecule has 0 spiro atoms. The van der Waals surface area contributed by atoms with Crippen molar-refractivity contribution < 1.29 is 104 Å². The van der Waals surface area contributed by atoms with E-state index in [0.29, 0.717) is 38.5 Å². The minimum Gasteiger partial charge on any atom is -0.394 e. The number of ether oxygens (including phenoxy) is 9. The van der Waals surface area contributed by atoms with Gasteiger partial charge in [-0.25, -0.2) is 0 Å². The van der Waals surface area contributed by atoms with E-state index in [0.717, 1.165) is 12.8 Å². The summed E-state index contributed by atoms with van der Waals surface area (Å²) in [5.74, 6) is -0.0359. The molecule has 4 aliphatic heterocycles. The first-order valence-corrected chi connectivity index (χ1v) is 24.2. The topological polar surface area (TPSA) is 326 Å². The molecule has 8 rings (SSSR count). The van der Waals surface area contributed by atoms with Gasteiger partial charge in [-0.3, -0.25) is 0 Å². The predicted molar refractivity (Wildman–Crippen MR) is 227 cm³/mol. The predicted octanol–water partition coefficient (Wildman–Crippen LogP) is -2.57. The highest BCUT2D eigenvalue weighted by Crippen LogP contribution is 2.68. The largest absolute Gasteiger partial charge is 0.394 e. The summed E-state index contributed by atoms with van der Waals surface area (Å²) in [6, 6.07) is 0. The van der Waals surface area contributed by atoms with Crippen molar-refractivity contribution in [2.45, 2.75) is 227 Å². The summed E-state index contributed by atoms with van der Waals surface area (Å²) >= 11 is 0. The maximum absolute atomic E-state index is 12.9. The smallest absolute Gasteiger partial charge is 0.187 e. The molecule has 0 aromatic heterocycles. The molecular weight excluding hydrogens is 888 g/mol. The third-order valence-corrected chi connectivity index (χ3v) is 17.6. The van der Waals surface area contributed by atoms with Crippen LogP contribution in [0.5, 0.6) is 0 Å². The first kappa shape index (κ1) is 52.2. The Bertz CT molecular complexity index is 1710. The number of methoxy groups -OCH3 is 1. The minimum atomic E-state index is -1.68. The summed E-state index contributed by atoms with van der Waals surface area (Å²) < 4.78 is 53.7. The second-order valence-corrected chi connectivity index (χ2v) is 21.2. The Morgan fingerprint density at radius 2 is 1.25 bits per heavy atom. The second-order valence-electron chi connectivity index (χ2n) is 21.2. The molecule has 0 bridgehead atoms. The number of rotatable bonds is 12. The lowest BCUT2D eigenvalue weighted by Crippen LogP contribution is -2.64. The van der Waals surface area contributed by atoms with Gasteiger partial charge in [0.25, 0.3) is 0 Å². The van der Waals surface area contributed by atoms with E-state index in [1.165, 1.54) is 19.6 Å². The fourth-order valence-corrected chi connectivity index (χ4v) is 13.3. The fraction of sp³-hybridized carbons (Fsp3) is 0.957. The van der Waals surface area contributed by atoms with Gasteiger partial charge in [-0.05, 0) is 95.3 Å². The first-order chi connectivity index (χ1) is 31.6. The summed E-state index contributed by atoms with van der Waals surface area (Å²) in [5.41, 5.74) is -0.602. The minimum absolute atomic E-state index is 0.0494. The number of allylic oxidation sites excluding steroid dienone is 1. The van der Waals surface area contributed by atoms with Crippen LogP contribution >= 0.6 is 0 Å². The summed E-state index contributed by atoms with van der Waals surface area (Å²) in [6.45, 7) is 8.37. The lowest BCUT2D eigenvalue weighted by atomic mass is 9.45. The molecule has 0 radical (unpaired) electrons. The molecule has 386 valence electrons. The molecule has 7 fully saturated rings. The zero-order valence-electron chi connectivity index (χ0n) is 39.1. The SMILES string of the molecule is COC1C(OC2CCC3(C)C(=CCC4C3CCC3(C)C(C(C)OC5OC(COC6OC(C)C(O)C(O)C6O)C(O)C(O)C5O)CCC43O)C2)OC(C)C(O)C1OC1OC(CO)C(O)C(O)C1O. The van der Waals surface area contributed by atoms with Crippen LogP contribution in [-0.2, 0) is 42.6 Å². The molecule has 0 amide bonds. The summed E-state index contributed by atoms with van der Waals surface area (Å²) in [7, 11) is 1.42. The molecule has 0 aromatic carbocycles. The maximum atomic E-state index is 12.9. The van der Waals surface area contributed by atoms with Gasteiger partial charge in [-0.15, -0.1) is 0 Å². The standard InChI is InChI=1S/C46H76O21/c1-18(61-41-36(56)34(54)31(51)27(66-41)17-60-40-35(55)32(52)28(48)19(2)62-40)23-11-14-46(58)25-8-7-21-15-22(9-12-44(21,4)24(25)10-13-45(23,46)5)64-43-39(59-6)38(29(49)20(3)63-43)67-42-37(57)33(53)30(50)26(16-47)65-42/h7,18-20,22-43,47-58H,8-17H2,1-6H3. The third kappa shape index (κ3) is 9.11. The van der Waals surface area contributed by atoms with Crippen LogP contribution in [-0.4, -0.2) is 222 Å². The van der Waals surface area contributed by atoms with E-state index in [1.807, 2.05) is 6.92 Å². The van der Waals surface area contributed by atoms with Crippen molar-refractivity contribution in [1.29, 1.82) is 0 Å². The first-order valence-electron chi connectivity index (χ1n) is 24.2. The Morgan fingerprint density at radius 1 is 0.642 bits per heavy atom. The molecule has 21 heteroatoms. The van der Waals surface area contributed by atoms with Crippen LogP contribution < -0.4 is 0 Å². The average molecular weight is 965 g/mol. The van der Waals surface area contributed by atoms with Crippen LogP contribution in [0.4, 0.5) is 0 Å². The van der Waals surface area contributed by atoms with Crippen molar-refractivity contribution >= 4 is 0 Å². The number of aliphatic hydroxyl groups is 12. The van der Waals surface area contributed by atoms with Gasteiger partial charge in [0.15, 0.2) is 25.2 Å². The Hall–Kier alpha value is -1.10. The Morgan fingerprint density at radius 3 is 1.94 bits per heavy atom. The van der Waals surface area contributed by atoms with Gasteiger partial charge in [-0.1, -0.05) is 25.5 Å². The lowest BCUT2D eigenvalue weighted by Gasteiger charge is -2.61. The average Bonchev–Trinajstić information content (AvgIpc) is 3.59. The maximum Gasteiger partial charge on any atom is 0.187 e. The van der Waals surface area contributed by atoms with Crippen molar-refractivity contribution in [3.05, 3.63) is 11.6 Å². The zero-order valence-corrected chi connectivity index (χ0v) is 39.1. The van der Waals surface area contributed by atoms with Crippen LogP contribution in [0.25, 0.3) is 0 Å². The van der Waals surface area contributed by atoms with Crippen LogP contribution in [0.15, 0.2) is 11.6 Å². The zero-order chi connectivity index (χ0) is 48.7.